The fourth-order valence-corrected chi connectivity index (χ4v) is 10.3. The van der Waals surface area contributed by atoms with Crippen molar-refractivity contribution in [3.05, 3.63) is 35.1 Å². The largest absolute Gasteiger partial charge is 0.507 e. The van der Waals surface area contributed by atoms with E-state index in [4.69, 9.17) is 10.5 Å². The van der Waals surface area contributed by atoms with Gasteiger partial charge in [-0.2, -0.15) is 0 Å². The number of phenolic OH excluding ortho intramolecular Hbond substituents is 1. The molecule has 0 bridgehead atoms. The van der Waals surface area contributed by atoms with Crippen molar-refractivity contribution in [2.75, 3.05) is 0 Å². The highest BCUT2D eigenvalue weighted by Crippen LogP contribution is 2.47. The number of phenols is 1. The molecule has 2 aromatic carbocycles. The first-order valence-electron chi connectivity index (χ1n) is 11.1. The number of aromatic hydroxyl groups is 1. The van der Waals surface area contributed by atoms with Gasteiger partial charge in [0, 0.05) is 21.9 Å². The van der Waals surface area contributed by atoms with Crippen LogP contribution in [0.1, 0.15) is 73.4 Å². The van der Waals surface area contributed by atoms with Crippen LogP contribution in [0, 0.1) is 17.3 Å². The molecular formula is C26H36FNO3Si. The molecule has 0 spiro atoms. The normalized spacial score (nSPS) is 12.4. The van der Waals surface area contributed by atoms with Crippen LogP contribution in [0.5, 0.6) is 11.5 Å². The summed E-state index contributed by atoms with van der Waals surface area (Å²) >= 11 is 0. The number of primary amides is 1. The van der Waals surface area contributed by atoms with Gasteiger partial charge in [0.1, 0.15) is 13.8 Å². The monoisotopic (exact) mass is 457 g/mol. The topological polar surface area (TPSA) is 72.5 Å². The molecule has 6 heteroatoms. The Kier molecular flexibility index (Phi) is 7.36. The first kappa shape index (κ1) is 25.7. The highest BCUT2D eigenvalue weighted by molar-refractivity contribution is 6.90. The Bertz CT molecular complexity index is 1070. The van der Waals surface area contributed by atoms with Crippen LogP contribution in [0.25, 0.3) is 10.8 Å². The molecule has 0 aromatic heterocycles. The van der Waals surface area contributed by atoms with Gasteiger partial charge in [-0.15, -0.1) is 5.54 Å². The van der Waals surface area contributed by atoms with Gasteiger partial charge in [-0.3, -0.25) is 0 Å². The predicted octanol–water partition coefficient (Wildman–Crippen LogP) is 7.01. The number of hydrogen-bond donors (Lipinski definition) is 2. The van der Waals surface area contributed by atoms with Gasteiger partial charge in [0.05, 0.1) is 0 Å². The summed E-state index contributed by atoms with van der Waals surface area (Å²) < 4.78 is 20.6. The predicted molar refractivity (Wildman–Crippen MR) is 132 cm³/mol. The zero-order valence-electron chi connectivity index (χ0n) is 20.7. The van der Waals surface area contributed by atoms with Crippen LogP contribution in [0.15, 0.2) is 18.2 Å². The lowest BCUT2D eigenvalue weighted by atomic mass is 9.83. The summed E-state index contributed by atoms with van der Waals surface area (Å²) in [7, 11) is -2.03. The first-order chi connectivity index (χ1) is 14.7. The van der Waals surface area contributed by atoms with Crippen molar-refractivity contribution in [3.8, 4) is 23.0 Å². The summed E-state index contributed by atoms with van der Waals surface area (Å²) in [5.41, 5.74) is 10.2. The standard InChI is InChI=1S/C26H36FNO3Si/c1-15(2)32(16(3)4,17(5)6)14-13-18-11-10-12-19-20(18)23(29)21(26(7,8)9)24(22(19)27)31-25(28)30/h10-12,15-17,29H,1-9H3,(H2,28,30). The summed E-state index contributed by atoms with van der Waals surface area (Å²) in [4.78, 5) is 11.5. The number of carbonyl (C=O) groups is 1. The highest BCUT2D eigenvalue weighted by atomic mass is 28.3. The molecule has 2 aromatic rings. The molecular weight excluding hydrogens is 421 g/mol. The Morgan fingerprint density at radius 1 is 1.09 bits per heavy atom. The van der Waals surface area contributed by atoms with Gasteiger partial charge in [-0.1, -0.05) is 80.4 Å². The number of rotatable bonds is 4. The molecule has 174 valence electrons. The molecule has 3 N–H and O–H groups in total. The van der Waals surface area contributed by atoms with Gasteiger partial charge in [-0.05, 0) is 28.1 Å². The number of benzene rings is 2. The molecule has 32 heavy (non-hydrogen) atoms. The second-order valence-electron chi connectivity index (χ2n) is 10.4. The van der Waals surface area contributed by atoms with E-state index in [0.717, 1.165) is 0 Å². The van der Waals surface area contributed by atoms with E-state index in [1.165, 1.54) is 0 Å². The van der Waals surface area contributed by atoms with Crippen LogP contribution in [-0.2, 0) is 5.41 Å². The maximum atomic E-state index is 15.6. The molecule has 0 atom stereocenters. The van der Waals surface area contributed by atoms with Gasteiger partial charge in [0.15, 0.2) is 11.6 Å². The zero-order chi connectivity index (χ0) is 24.6. The molecule has 0 heterocycles. The summed E-state index contributed by atoms with van der Waals surface area (Å²) in [5, 5.41) is 11.8. The van der Waals surface area contributed by atoms with Crippen LogP contribution in [-0.4, -0.2) is 19.3 Å². The molecule has 0 saturated heterocycles. The fraction of sp³-hybridized carbons (Fsp3) is 0.500. The van der Waals surface area contributed by atoms with Crippen molar-refractivity contribution in [2.24, 2.45) is 5.73 Å². The fourth-order valence-electron chi connectivity index (χ4n) is 5.06. The Labute approximate surface area is 192 Å². The van der Waals surface area contributed by atoms with Crippen molar-refractivity contribution in [1.29, 1.82) is 0 Å². The number of ether oxygens (including phenoxy) is 1. The van der Waals surface area contributed by atoms with E-state index in [2.05, 4.69) is 53.0 Å². The molecule has 2 rings (SSSR count). The van der Waals surface area contributed by atoms with Crippen molar-refractivity contribution < 1.29 is 19.0 Å². The SMILES string of the molecule is CC(C)[Si](C#Cc1cccc2c(F)c(OC(N)=O)c(C(C)(C)C)c(O)c12)(C(C)C)C(C)C. The number of nitrogens with two attached hydrogens (primary N) is 1. The van der Waals surface area contributed by atoms with Crippen LogP contribution in [0.2, 0.25) is 16.6 Å². The Hall–Kier alpha value is -2.52. The van der Waals surface area contributed by atoms with Crippen LogP contribution < -0.4 is 10.5 Å². The smallest absolute Gasteiger partial charge is 0.410 e. The molecule has 0 fully saturated rings. The number of hydrogen-bond acceptors (Lipinski definition) is 3. The van der Waals surface area contributed by atoms with Crippen LogP contribution in [0.3, 0.4) is 0 Å². The average molecular weight is 458 g/mol. The second kappa shape index (κ2) is 9.15. The van der Waals surface area contributed by atoms with Crippen molar-refractivity contribution >= 4 is 24.9 Å². The Morgan fingerprint density at radius 2 is 1.62 bits per heavy atom. The third-order valence-electron chi connectivity index (χ3n) is 6.43. The quantitative estimate of drug-likeness (QED) is 0.383. The highest BCUT2D eigenvalue weighted by Gasteiger charge is 2.41. The van der Waals surface area contributed by atoms with E-state index in [9.17, 15) is 9.90 Å². The molecule has 0 unspecified atom stereocenters. The number of carbonyl (C=O) groups excluding carboxylic acids is 1. The number of amides is 1. The number of fused-ring (bicyclic) bond motifs is 1. The summed E-state index contributed by atoms with van der Waals surface area (Å²) in [6.07, 6.45) is -1.13. The average Bonchev–Trinajstić information content (AvgIpc) is 2.63. The summed E-state index contributed by atoms with van der Waals surface area (Å²) in [6, 6.07) is 5.05. The van der Waals surface area contributed by atoms with Gasteiger partial charge in [0.25, 0.3) is 0 Å². The van der Waals surface area contributed by atoms with Crippen molar-refractivity contribution in [1.82, 2.24) is 0 Å². The molecule has 0 saturated carbocycles. The summed E-state index contributed by atoms with van der Waals surface area (Å²) in [6.45, 7) is 18.8. The maximum absolute atomic E-state index is 15.6. The minimum absolute atomic E-state index is 0.138. The van der Waals surface area contributed by atoms with Gasteiger partial charge >= 0.3 is 6.09 Å². The minimum Gasteiger partial charge on any atom is -0.507 e. The molecule has 0 aliphatic carbocycles. The number of halogens is 1. The van der Waals surface area contributed by atoms with Crippen LogP contribution >= 0.6 is 0 Å². The maximum Gasteiger partial charge on any atom is 0.410 e. The van der Waals surface area contributed by atoms with E-state index in [1.807, 2.05) is 20.8 Å². The van der Waals surface area contributed by atoms with Gasteiger partial charge < -0.3 is 15.6 Å². The molecule has 4 nitrogen and oxygen atoms in total. The van der Waals surface area contributed by atoms with Gasteiger partial charge in [0.2, 0.25) is 0 Å². The van der Waals surface area contributed by atoms with E-state index in [1.54, 1.807) is 18.2 Å². The third-order valence-corrected chi connectivity index (χ3v) is 12.7. The molecule has 0 aliphatic heterocycles. The first-order valence-corrected chi connectivity index (χ1v) is 13.4. The zero-order valence-corrected chi connectivity index (χ0v) is 21.7. The molecule has 0 aliphatic rings. The van der Waals surface area contributed by atoms with Crippen molar-refractivity contribution in [3.63, 3.8) is 0 Å². The van der Waals surface area contributed by atoms with E-state index < -0.39 is 25.4 Å². The lowest BCUT2D eigenvalue weighted by molar-refractivity contribution is 0.207. The Balaban J connectivity index is 2.96. The van der Waals surface area contributed by atoms with Crippen LogP contribution in [0.4, 0.5) is 9.18 Å². The van der Waals surface area contributed by atoms with Crippen molar-refractivity contribution in [2.45, 2.75) is 84.4 Å². The lowest BCUT2D eigenvalue weighted by Gasteiger charge is -2.38. The van der Waals surface area contributed by atoms with E-state index >= 15 is 4.39 Å². The summed E-state index contributed by atoms with van der Waals surface area (Å²) in [5.74, 6) is 2.13. The lowest BCUT2D eigenvalue weighted by Crippen LogP contribution is -2.43. The minimum atomic E-state index is -2.03. The molecule has 0 radical (unpaired) electrons. The van der Waals surface area contributed by atoms with E-state index in [0.29, 0.717) is 27.6 Å². The Morgan fingerprint density at radius 3 is 2.06 bits per heavy atom. The van der Waals surface area contributed by atoms with Gasteiger partial charge in [-0.25, -0.2) is 9.18 Å². The third kappa shape index (κ3) is 4.49. The molecule has 1 amide bonds. The second-order valence-corrected chi connectivity index (χ2v) is 16.0. The van der Waals surface area contributed by atoms with E-state index in [-0.39, 0.29) is 22.4 Å².